The number of nitrogens with zero attached hydrogens (tertiary/aromatic N) is 3. The Bertz CT molecular complexity index is 629. The molecule has 0 aliphatic rings. The summed E-state index contributed by atoms with van der Waals surface area (Å²) >= 11 is 0. The van der Waals surface area contributed by atoms with Crippen LogP contribution >= 0.6 is 0 Å². The Morgan fingerprint density at radius 1 is 1.33 bits per heavy atom. The number of rotatable bonds is 6. The maximum Gasteiger partial charge on any atom is 0.122 e. The maximum absolute atomic E-state index is 7.53. The molecule has 112 valence electrons. The van der Waals surface area contributed by atoms with Crippen LogP contribution in [0.5, 0.6) is 0 Å². The molecule has 3 N–H and O–H groups in total. The van der Waals surface area contributed by atoms with Crippen molar-refractivity contribution in [3.8, 4) is 0 Å². The van der Waals surface area contributed by atoms with Gasteiger partial charge in [-0.15, -0.1) is 0 Å². The number of benzene rings is 1. The molecule has 0 saturated heterocycles. The fraction of sp³-hybridized carbons (Fsp3) is 0.375. The van der Waals surface area contributed by atoms with E-state index in [9.17, 15) is 0 Å². The molecule has 0 unspecified atom stereocenters. The monoisotopic (exact) mass is 285 g/mol. The van der Waals surface area contributed by atoms with Gasteiger partial charge in [0.25, 0.3) is 0 Å². The fourth-order valence-corrected chi connectivity index (χ4v) is 2.33. The standard InChI is InChI=1S/C16H23N5/c1-4-13-10-15(21(5-2)19-13)11-20(3)14-8-6-7-12(9-14)16(17)18/h6-10H,4-5,11H2,1-3H3,(H3,17,18). The summed E-state index contributed by atoms with van der Waals surface area (Å²) in [5, 5.41) is 12.1. The van der Waals surface area contributed by atoms with Gasteiger partial charge >= 0.3 is 0 Å². The van der Waals surface area contributed by atoms with Gasteiger partial charge in [-0.1, -0.05) is 19.1 Å². The van der Waals surface area contributed by atoms with Gasteiger partial charge in [-0.3, -0.25) is 10.1 Å². The number of nitrogens with one attached hydrogen (secondary N) is 1. The Morgan fingerprint density at radius 3 is 2.71 bits per heavy atom. The van der Waals surface area contributed by atoms with Crippen LogP contribution in [0.25, 0.3) is 0 Å². The van der Waals surface area contributed by atoms with Crippen molar-refractivity contribution in [3.63, 3.8) is 0 Å². The molecule has 0 radical (unpaired) electrons. The highest BCUT2D eigenvalue weighted by Gasteiger charge is 2.10. The Kier molecular flexibility index (Phi) is 4.62. The van der Waals surface area contributed by atoms with Crippen LogP contribution in [0, 0.1) is 5.41 Å². The molecule has 21 heavy (non-hydrogen) atoms. The number of hydrogen-bond acceptors (Lipinski definition) is 3. The first-order valence-corrected chi connectivity index (χ1v) is 7.26. The minimum absolute atomic E-state index is 0.0946. The normalized spacial score (nSPS) is 10.6. The quantitative estimate of drug-likeness (QED) is 0.632. The summed E-state index contributed by atoms with van der Waals surface area (Å²) in [5.41, 5.74) is 9.67. The molecule has 0 bridgehead atoms. The second-order valence-electron chi connectivity index (χ2n) is 5.12. The van der Waals surface area contributed by atoms with Gasteiger partial charge in [0.05, 0.1) is 17.9 Å². The van der Waals surface area contributed by atoms with Crippen molar-refractivity contribution >= 4 is 11.5 Å². The molecule has 1 aromatic heterocycles. The number of nitrogens with two attached hydrogens (primary N) is 1. The third-order valence-corrected chi connectivity index (χ3v) is 3.57. The number of nitrogen functional groups attached to an aromatic ring is 1. The van der Waals surface area contributed by atoms with Crippen molar-refractivity contribution in [2.75, 3.05) is 11.9 Å². The van der Waals surface area contributed by atoms with E-state index in [2.05, 4.69) is 29.9 Å². The van der Waals surface area contributed by atoms with E-state index in [1.165, 1.54) is 5.69 Å². The van der Waals surface area contributed by atoms with Crippen LogP contribution in [0.1, 0.15) is 30.8 Å². The van der Waals surface area contributed by atoms with E-state index in [-0.39, 0.29) is 5.84 Å². The van der Waals surface area contributed by atoms with Crippen LogP contribution in [0.15, 0.2) is 30.3 Å². The highest BCUT2D eigenvalue weighted by Crippen LogP contribution is 2.18. The van der Waals surface area contributed by atoms with E-state index < -0.39 is 0 Å². The molecule has 0 amide bonds. The van der Waals surface area contributed by atoms with Crippen molar-refractivity contribution in [1.29, 1.82) is 5.41 Å². The average Bonchev–Trinajstić information content (AvgIpc) is 2.89. The largest absolute Gasteiger partial charge is 0.384 e. The van der Waals surface area contributed by atoms with Gasteiger partial charge < -0.3 is 10.6 Å². The first kappa shape index (κ1) is 15.1. The van der Waals surface area contributed by atoms with Crippen molar-refractivity contribution in [3.05, 3.63) is 47.3 Å². The van der Waals surface area contributed by atoms with E-state index in [1.807, 2.05) is 36.0 Å². The number of amidine groups is 1. The van der Waals surface area contributed by atoms with E-state index in [0.29, 0.717) is 0 Å². The molecule has 1 aromatic carbocycles. The van der Waals surface area contributed by atoms with Gasteiger partial charge in [0.15, 0.2) is 0 Å². The lowest BCUT2D eigenvalue weighted by Crippen LogP contribution is -2.20. The molecular formula is C16H23N5. The Labute approximate surface area is 125 Å². The summed E-state index contributed by atoms with van der Waals surface area (Å²) in [6.45, 7) is 5.87. The van der Waals surface area contributed by atoms with Crippen molar-refractivity contribution in [1.82, 2.24) is 9.78 Å². The number of anilines is 1. The molecule has 0 aliphatic heterocycles. The molecule has 0 fully saturated rings. The highest BCUT2D eigenvalue weighted by molar-refractivity contribution is 5.95. The minimum Gasteiger partial charge on any atom is -0.384 e. The first-order chi connectivity index (χ1) is 10.0. The third kappa shape index (κ3) is 3.42. The van der Waals surface area contributed by atoms with Gasteiger partial charge in [-0.05, 0) is 31.5 Å². The topological polar surface area (TPSA) is 70.9 Å². The molecule has 1 heterocycles. The highest BCUT2D eigenvalue weighted by atomic mass is 15.3. The molecule has 0 atom stereocenters. The van der Waals surface area contributed by atoms with Gasteiger partial charge in [0, 0.05) is 24.8 Å². The minimum atomic E-state index is 0.0946. The summed E-state index contributed by atoms with van der Waals surface area (Å²) in [7, 11) is 2.04. The van der Waals surface area contributed by atoms with Crippen LogP contribution in [0.4, 0.5) is 5.69 Å². The van der Waals surface area contributed by atoms with Gasteiger partial charge in [-0.2, -0.15) is 5.10 Å². The van der Waals surface area contributed by atoms with Crippen LogP contribution in [0.2, 0.25) is 0 Å². The molecule has 5 nitrogen and oxygen atoms in total. The molecule has 2 rings (SSSR count). The molecule has 0 saturated carbocycles. The first-order valence-electron chi connectivity index (χ1n) is 7.26. The number of aryl methyl sites for hydroxylation is 2. The zero-order valence-corrected chi connectivity index (χ0v) is 12.9. The zero-order chi connectivity index (χ0) is 15.4. The lowest BCUT2D eigenvalue weighted by molar-refractivity contribution is 0.610. The van der Waals surface area contributed by atoms with Crippen LogP contribution in [0.3, 0.4) is 0 Å². The Morgan fingerprint density at radius 2 is 2.10 bits per heavy atom. The second-order valence-corrected chi connectivity index (χ2v) is 5.12. The Hall–Kier alpha value is -2.30. The van der Waals surface area contributed by atoms with Gasteiger partial charge in [0.1, 0.15) is 5.84 Å². The van der Waals surface area contributed by atoms with Crippen LogP contribution in [-0.4, -0.2) is 22.7 Å². The summed E-state index contributed by atoms with van der Waals surface area (Å²) in [4.78, 5) is 2.15. The van der Waals surface area contributed by atoms with E-state index in [4.69, 9.17) is 11.1 Å². The van der Waals surface area contributed by atoms with E-state index >= 15 is 0 Å². The Balaban J connectivity index is 2.21. The third-order valence-electron chi connectivity index (χ3n) is 3.57. The van der Waals surface area contributed by atoms with E-state index in [1.54, 1.807) is 0 Å². The molecule has 2 aromatic rings. The SMILES string of the molecule is CCc1cc(CN(C)c2cccc(C(=N)N)c2)n(CC)n1. The fourth-order valence-electron chi connectivity index (χ4n) is 2.33. The number of aromatic nitrogens is 2. The van der Waals surface area contributed by atoms with Crippen LogP contribution < -0.4 is 10.6 Å². The van der Waals surface area contributed by atoms with Crippen LogP contribution in [-0.2, 0) is 19.5 Å². The maximum atomic E-state index is 7.53. The lowest BCUT2D eigenvalue weighted by atomic mass is 10.1. The smallest absolute Gasteiger partial charge is 0.122 e. The summed E-state index contributed by atoms with van der Waals surface area (Å²) < 4.78 is 2.05. The summed E-state index contributed by atoms with van der Waals surface area (Å²) in [6, 6.07) is 9.91. The summed E-state index contributed by atoms with van der Waals surface area (Å²) in [5.74, 6) is 0.0946. The zero-order valence-electron chi connectivity index (χ0n) is 12.9. The average molecular weight is 285 g/mol. The second kappa shape index (κ2) is 6.43. The van der Waals surface area contributed by atoms with Gasteiger partial charge in [-0.25, -0.2) is 0 Å². The molecule has 5 heteroatoms. The molecular weight excluding hydrogens is 262 g/mol. The summed E-state index contributed by atoms with van der Waals surface area (Å²) in [6.07, 6.45) is 0.948. The molecule has 0 aliphatic carbocycles. The van der Waals surface area contributed by atoms with Crippen molar-refractivity contribution in [2.45, 2.75) is 33.4 Å². The van der Waals surface area contributed by atoms with Crippen molar-refractivity contribution in [2.24, 2.45) is 5.73 Å². The predicted octanol–water partition coefficient (Wildman–Crippen LogP) is 2.39. The van der Waals surface area contributed by atoms with Gasteiger partial charge in [0.2, 0.25) is 0 Å². The van der Waals surface area contributed by atoms with E-state index in [0.717, 1.165) is 36.5 Å². The van der Waals surface area contributed by atoms with Crippen molar-refractivity contribution < 1.29 is 0 Å². The molecule has 0 spiro atoms. The lowest BCUT2D eigenvalue weighted by Gasteiger charge is -2.20. The number of hydrogen-bond donors (Lipinski definition) is 2. The predicted molar refractivity (Wildman–Crippen MR) is 86.8 cm³/mol.